The molecular formula is C13H25F3N2O. The lowest BCUT2D eigenvalue weighted by Crippen LogP contribution is -2.50. The summed E-state index contributed by atoms with van der Waals surface area (Å²) in [4.78, 5) is 2.12. The molecule has 0 aliphatic carbocycles. The maximum atomic E-state index is 12.5. The Balaban J connectivity index is 2.47. The van der Waals surface area contributed by atoms with E-state index >= 15 is 0 Å². The first-order valence-corrected chi connectivity index (χ1v) is 7.08. The summed E-state index contributed by atoms with van der Waals surface area (Å²) < 4.78 is 37.5. The standard InChI is InChI=1S/C13H25F3N2O/c1-2-5-18-9-11(8-13(14,15)16)7-12(10-18)17-4-3-6-19/h11-12,17,19H,2-10H2,1H3. The van der Waals surface area contributed by atoms with Gasteiger partial charge < -0.3 is 15.3 Å². The zero-order valence-electron chi connectivity index (χ0n) is 11.5. The highest BCUT2D eigenvalue weighted by atomic mass is 19.4. The van der Waals surface area contributed by atoms with Crippen LogP contribution in [0.5, 0.6) is 0 Å². The van der Waals surface area contributed by atoms with Crippen molar-refractivity contribution >= 4 is 0 Å². The maximum absolute atomic E-state index is 12.5. The topological polar surface area (TPSA) is 35.5 Å². The third kappa shape index (κ3) is 7.13. The average Bonchev–Trinajstić information content (AvgIpc) is 2.27. The molecule has 19 heavy (non-hydrogen) atoms. The second-order valence-corrected chi connectivity index (χ2v) is 5.41. The van der Waals surface area contributed by atoms with Crippen molar-refractivity contribution in [3.63, 3.8) is 0 Å². The summed E-state index contributed by atoms with van der Waals surface area (Å²) in [5.74, 6) is -0.313. The number of aliphatic hydroxyl groups excluding tert-OH is 1. The van der Waals surface area contributed by atoms with Gasteiger partial charge in [0.15, 0.2) is 0 Å². The number of likely N-dealkylation sites (tertiary alicyclic amines) is 1. The number of hydrogen-bond acceptors (Lipinski definition) is 3. The largest absolute Gasteiger partial charge is 0.396 e. The monoisotopic (exact) mass is 282 g/mol. The van der Waals surface area contributed by atoms with Crippen LogP contribution in [-0.2, 0) is 0 Å². The van der Waals surface area contributed by atoms with Gasteiger partial charge in [-0.05, 0) is 38.3 Å². The first-order chi connectivity index (χ1) is 8.94. The summed E-state index contributed by atoms with van der Waals surface area (Å²) in [7, 11) is 0. The Hall–Kier alpha value is -0.330. The van der Waals surface area contributed by atoms with Crippen LogP contribution in [0.4, 0.5) is 13.2 Å². The molecule has 0 radical (unpaired) electrons. The minimum atomic E-state index is -4.07. The molecule has 2 unspecified atom stereocenters. The van der Waals surface area contributed by atoms with Crippen molar-refractivity contribution in [1.29, 1.82) is 0 Å². The quantitative estimate of drug-likeness (QED) is 0.701. The highest BCUT2D eigenvalue weighted by Crippen LogP contribution is 2.30. The predicted molar refractivity (Wildman–Crippen MR) is 69.0 cm³/mol. The Morgan fingerprint density at radius 2 is 2.05 bits per heavy atom. The summed E-state index contributed by atoms with van der Waals surface area (Å²) in [6.07, 6.45) is -2.58. The van der Waals surface area contributed by atoms with Crippen LogP contribution >= 0.6 is 0 Å². The Kier molecular flexibility index (Phi) is 7.10. The van der Waals surface area contributed by atoms with E-state index in [9.17, 15) is 13.2 Å². The van der Waals surface area contributed by atoms with Gasteiger partial charge in [0.2, 0.25) is 0 Å². The number of hydrogen-bond donors (Lipinski definition) is 2. The van der Waals surface area contributed by atoms with Crippen molar-refractivity contribution in [2.24, 2.45) is 5.92 Å². The molecule has 1 aliphatic heterocycles. The van der Waals surface area contributed by atoms with Crippen molar-refractivity contribution in [3.05, 3.63) is 0 Å². The fourth-order valence-electron chi connectivity index (χ4n) is 2.81. The van der Waals surface area contributed by atoms with Gasteiger partial charge in [-0.2, -0.15) is 13.2 Å². The lowest BCUT2D eigenvalue weighted by atomic mass is 9.91. The average molecular weight is 282 g/mol. The first-order valence-electron chi connectivity index (χ1n) is 7.08. The van der Waals surface area contributed by atoms with Gasteiger partial charge in [0, 0.05) is 32.2 Å². The number of piperidine rings is 1. The third-order valence-corrected chi connectivity index (χ3v) is 3.44. The molecule has 114 valence electrons. The molecule has 0 bridgehead atoms. The van der Waals surface area contributed by atoms with E-state index < -0.39 is 12.6 Å². The SMILES string of the molecule is CCCN1CC(CC(F)(F)F)CC(NCCCO)C1. The minimum absolute atomic E-state index is 0.110. The molecule has 6 heteroatoms. The smallest absolute Gasteiger partial charge is 0.389 e. The molecule has 1 rings (SSSR count). The number of halogens is 3. The van der Waals surface area contributed by atoms with Crippen molar-refractivity contribution < 1.29 is 18.3 Å². The van der Waals surface area contributed by atoms with Gasteiger partial charge in [-0.3, -0.25) is 0 Å². The van der Waals surface area contributed by atoms with E-state index in [4.69, 9.17) is 5.11 Å². The highest BCUT2D eigenvalue weighted by Gasteiger charge is 2.36. The van der Waals surface area contributed by atoms with Crippen molar-refractivity contribution in [1.82, 2.24) is 10.2 Å². The Bertz CT molecular complexity index is 249. The molecule has 0 aromatic carbocycles. The van der Waals surface area contributed by atoms with E-state index in [1.807, 2.05) is 6.92 Å². The van der Waals surface area contributed by atoms with Gasteiger partial charge >= 0.3 is 6.18 Å². The molecule has 1 fully saturated rings. The van der Waals surface area contributed by atoms with E-state index in [-0.39, 0.29) is 18.6 Å². The van der Waals surface area contributed by atoms with E-state index in [2.05, 4.69) is 10.2 Å². The minimum Gasteiger partial charge on any atom is -0.396 e. The van der Waals surface area contributed by atoms with E-state index in [1.165, 1.54) is 0 Å². The fourth-order valence-corrected chi connectivity index (χ4v) is 2.81. The number of nitrogens with one attached hydrogen (secondary N) is 1. The van der Waals surface area contributed by atoms with Gasteiger partial charge in [0.25, 0.3) is 0 Å². The highest BCUT2D eigenvalue weighted by molar-refractivity contribution is 4.84. The molecule has 0 saturated carbocycles. The van der Waals surface area contributed by atoms with Crippen LogP contribution in [0.15, 0.2) is 0 Å². The lowest BCUT2D eigenvalue weighted by molar-refractivity contribution is -0.148. The predicted octanol–water partition coefficient (Wildman–Crippen LogP) is 2.01. The second kappa shape index (κ2) is 8.07. The summed E-state index contributed by atoms with van der Waals surface area (Å²) in [5.41, 5.74) is 0. The first kappa shape index (κ1) is 16.7. The molecule has 0 aromatic rings. The van der Waals surface area contributed by atoms with Crippen LogP contribution in [0, 0.1) is 5.92 Å². The van der Waals surface area contributed by atoms with Crippen LogP contribution in [-0.4, -0.2) is 55.0 Å². The Morgan fingerprint density at radius 3 is 2.63 bits per heavy atom. The van der Waals surface area contributed by atoms with Gasteiger partial charge in [0.1, 0.15) is 0 Å². The lowest BCUT2D eigenvalue weighted by Gasteiger charge is -2.38. The summed E-state index contributed by atoms with van der Waals surface area (Å²) >= 11 is 0. The molecular weight excluding hydrogens is 257 g/mol. The zero-order valence-corrected chi connectivity index (χ0v) is 11.5. The van der Waals surface area contributed by atoms with Crippen LogP contribution in [0.2, 0.25) is 0 Å². The molecule has 1 heterocycles. The fraction of sp³-hybridized carbons (Fsp3) is 1.00. The van der Waals surface area contributed by atoms with Crippen molar-refractivity contribution in [2.75, 3.05) is 32.8 Å². The molecule has 1 saturated heterocycles. The molecule has 3 nitrogen and oxygen atoms in total. The van der Waals surface area contributed by atoms with E-state index in [0.29, 0.717) is 25.9 Å². The van der Waals surface area contributed by atoms with Crippen LogP contribution in [0.3, 0.4) is 0 Å². The number of nitrogens with zero attached hydrogens (tertiary/aromatic N) is 1. The molecule has 1 aliphatic rings. The van der Waals surface area contributed by atoms with Gasteiger partial charge in [-0.1, -0.05) is 6.92 Å². The summed E-state index contributed by atoms with van der Waals surface area (Å²) in [6.45, 7) is 5.04. The summed E-state index contributed by atoms with van der Waals surface area (Å²) in [5, 5.41) is 12.0. The van der Waals surface area contributed by atoms with Crippen LogP contribution < -0.4 is 5.32 Å². The normalized spacial score (nSPS) is 25.7. The van der Waals surface area contributed by atoms with Gasteiger partial charge in [-0.25, -0.2) is 0 Å². The summed E-state index contributed by atoms with van der Waals surface area (Å²) in [6, 6.07) is 0.110. The zero-order chi connectivity index (χ0) is 14.3. The molecule has 2 atom stereocenters. The van der Waals surface area contributed by atoms with Crippen LogP contribution in [0.25, 0.3) is 0 Å². The third-order valence-electron chi connectivity index (χ3n) is 3.44. The van der Waals surface area contributed by atoms with Gasteiger partial charge in [0.05, 0.1) is 0 Å². The van der Waals surface area contributed by atoms with Crippen LogP contribution in [0.1, 0.15) is 32.6 Å². The van der Waals surface area contributed by atoms with Crippen molar-refractivity contribution in [2.45, 2.75) is 44.8 Å². The number of rotatable bonds is 7. The van der Waals surface area contributed by atoms with Gasteiger partial charge in [-0.15, -0.1) is 0 Å². The maximum Gasteiger partial charge on any atom is 0.389 e. The molecule has 0 spiro atoms. The second-order valence-electron chi connectivity index (χ2n) is 5.41. The number of alkyl halides is 3. The Labute approximate surface area is 113 Å². The van der Waals surface area contributed by atoms with Crippen molar-refractivity contribution in [3.8, 4) is 0 Å². The molecule has 0 aromatic heterocycles. The Morgan fingerprint density at radius 1 is 1.32 bits per heavy atom. The molecule has 0 amide bonds. The molecule has 2 N–H and O–H groups in total. The number of aliphatic hydroxyl groups is 1. The van der Waals surface area contributed by atoms with E-state index in [0.717, 1.165) is 19.5 Å². The van der Waals surface area contributed by atoms with E-state index in [1.54, 1.807) is 0 Å².